The van der Waals surface area contributed by atoms with E-state index in [2.05, 4.69) is 24.0 Å². The molecule has 0 radical (unpaired) electrons. The second-order valence-electron chi connectivity index (χ2n) is 4.85. The van der Waals surface area contributed by atoms with Gasteiger partial charge in [0.2, 0.25) is 0 Å². The molecule has 1 aromatic carbocycles. The van der Waals surface area contributed by atoms with Crippen LogP contribution in [0.5, 0.6) is 0 Å². The van der Waals surface area contributed by atoms with Crippen LogP contribution in [0.4, 0.5) is 0 Å². The number of rotatable bonds is 3. The summed E-state index contributed by atoms with van der Waals surface area (Å²) in [6, 6.07) is 10.6. The average Bonchev–Trinajstić information content (AvgIpc) is 2.35. The molecule has 1 aliphatic rings. The minimum atomic E-state index is -2.81. The highest BCUT2D eigenvalue weighted by Crippen LogP contribution is 2.30. The smallest absolute Gasteiger partial charge is 0.156 e. The van der Waals surface area contributed by atoms with Crippen molar-refractivity contribution in [3.63, 3.8) is 0 Å². The van der Waals surface area contributed by atoms with Gasteiger partial charge in [-0.25, -0.2) is 8.42 Å². The lowest BCUT2D eigenvalue weighted by atomic mass is 10.0. The molecule has 0 spiro atoms. The van der Waals surface area contributed by atoms with Gasteiger partial charge in [-0.05, 0) is 26.5 Å². The Morgan fingerprint density at radius 1 is 1.29 bits per heavy atom. The molecule has 94 valence electrons. The highest BCUT2D eigenvalue weighted by molar-refractivity contribution is 7.93. The maximum atomic E-state index is 11.5. The predicted octanol–water partition coefficient (Wildman–Crippen LogP) is 1.86. The predicted molar refractivity (Wildman–Crippen MR) is 69.7 cm³/mol. The standard InChI is InChI=1S/C13H19NO2S/c1-10(12-7-5-4-6-8-12)14(3)13-9-17(15,16)11(13)2/h4-8,10-11,13H,9H2,1-3H3/t10-,11-,13+/m1/s1. The normalized spacial score (nSPS) is 28.7. The molecule has 0 aliphatic carbocycles. The lowest BCUT2D eigenvalue weighted by molar-refractivity contribution is 0.182. The van der Waals surface area contributed by atoms with Crippen LogP contribution in [0.3, 0.4) is 0 Å². The Kier molecular flexibility index (Phi) is 3.27. The fourth-order valence-electron chi connectivity index (χ4n) is 2.35. The molecule has 2 rings (SSSR count). The number of benzene rings is 1. The zero-order chi connectivity index (χ0) is 12.6. The first-order valence-electron chi connectivity index (χ1n) is 5.92. The van der Waals surface area contributed by atoms with E-state index in [1.165, 1.54) is 5.56 Å². The zero-order valence-corrected chi connectivity index (χ0v) is 11.3. The molecule has 0 unspecified atom stereocenters. The second kappa shape index (κ2) is 4.42. The Morgan fingerprint density at radius 2 is 1.88 bits per heavy atom. The molecule has 1 saturated heterocycles. The van der Waals surface area contributed by atoms with E-state index in [1.54, 1.807) is 6.92 Å². The molecule has 0 aromatic heterocycles. The summed E-state index contributed by atoms with van der Waals surface area (Å²) in [5.41, 5.74) is 1.23. The van der Waals surface area contributed by atoms with Gasteiger partial charge in [0.15, 0.2) is 9.84 Å². The summed E-state index contributed by atoms with van der Waals surface area (Å²) in [7, 11) is -0.804. The summed E-state index contributed by atoms with van der Waals surface area (Å²) < 4.78 is 22.9. The van der Waals surface area contributed by atoms with Crippen LogP contribution >= 0.6 is 0 Å². The highest BCUT2D eigenvalue weighted by atomic mass is 32.2. The van der Waals surface area contributed by atoms with Crippen molar-refractivity contribution in [2.24, 2.45) is 0 Å². The first-order valence-corrected chi connectivity index (χ1v) is 7.63. The van der Waals surface area contributed by atoms with Crippen LogP contribution < -0.4 is 0 Å². The molecule has 3 nitrogen and oxygen atoms in total. The maximum absolute atomic E-state index is 11.5. The Balaban J connectivity index is 2.10. The molecule has 0 amide bonds. The van der Waals surface area contributed by atoms with Crippen molar-refractivity contribution in [2.45, 2.75) is 31.2 Å². The van der Waals surface area contributed by atoms with E-state index in [-0.39, 0.29) is 17.3 Å². The molecule has 1 aliphatic heterocycles. The van der Waals surface area contributed by atoms with Gasteiger partial charge in [0.05, 0.1) is 11.0 Å². The molecule has 1 heterocycles. The van der Waals surface area contributed by atoms with Gasteiger partial charge in [-0.15, -0.1) is 0 Å². The van der Waals surface area contributed by atoms with E-state index < -0.39 is 9.84 Å². The molecule has 4 heteroatoms. The fraction of sp³-hybridized carbons (Fsp3) is 0.538. The Bertz CT molecular complexity index is 483. The van der Waals surface area contributed by atoms with E-state index in [9.17, 15) is 8.42 Å². The Morgan fingerprint density at radius 3 is 2.35 bits per heavy atom. The van der Waals surface area contributed by atoms with E-state index in [0.717, 1.165) is 0 Å². The summed E-state index contributed by atoms with van der Waals surface area (Å²) in [6.45, 7) is 3.92. The van der Waals surface area contributed by atoms with Gasteiger partial charge in [0, 0.05) is 12.1 Å². The summed E-state index contributed by atoms with van der Waals surface area (Å²) in [5, 5.41) is -0.237. The summed E-state index contributed by atoms with van der Waals surface area (Å²) >= 11 is 0. The third-order valence-electron chi connectivity index (χ3n) is 3.93. The van der Waals surface area contributed by atoms with E-state index >= 15 is 0 Å². The van der Waals surface area contributed by atoms with Crippen LogP contribution in [0.1, 0.15) is 25.5 Å². The molecule has 3 atom stereocenters. The summed E-state index contributed by atoms with van der Waals surface area (Å²) in [5.74, 6) is 0.293. The highest BCUT2D eigenvalue weighted by Gasteiger charge is 2.45. The van der Waals surface area contributed by atoms with Gasteiger partial charge in [0.1, 0.15) is 0 Å². The topological polar surface area (TPSA) is 37.4 Å². The van der Waals surface area contributed by atoms with Crippen molar-refractivity contribution >= 4 is 9.84 Å². The van der Waals surface area contributed by atoms with E-state index in [1.807, 2.05) is 25.2 Å². The van der Waals surface area contributed by atoms with Crippen LogP contribution in [0.2, 0.25) is 0 Å². The average molecular weight is 253 g/mol. The van der Waals surface area contributed by atoms with Gasteiger partial charge in [-0.1, -0.05) is 30.3 Å². The van der Waals surface area contributed by atoms with Crippen molar-refractivity contribution in [2.75, 3.05) is 12.8 Å². The number of nitrogens with zero attached hydrogens (tertiary/aromatic N) is 1. The minimum absolute atomic E-state index is 0.148. The molecule has 1 fully saturated rings. The van der Waals surface area contributed by atoms with Gasteiger partial charge in [-0.2, -0.15) is 0 Å². The third kappa shape index (κ3) is 2.24. The van der Waals surface area contributed by atoms with Crippen molar-refractivity contribution in [1.82, 2.24) is 4.90 Å². The lowest BCUT2D eigenvalue weighted by Gasteiger charge is -2.43. The van der Waals surface area contributed by atoms with Gasteiger partial charge < -0.3 is 0 Å². The molecule has 0 N–H and O–H groups in total. The molecular formula is C13H19NO2S. The molecule has 0 saturated carbocycles. The van der Waals surface area contributed by atoms with Crippen molar-refractivity contribution in [3.8, 4) is 0 Å². The van der Waals surface area contributed by atoms with Crippen LogP contribution in [0, 0.1) is 0 Å². The lowest BCUT2D eigenvalue weighted by Crippen LogP contribution is -2.58. The van der Waals surface area contributed by atoms with E-state index in [4.69, 9.17) is 0 Å². The van der Waals surface area contributed by atoms with Gasteiger partial charge in [-0.3, -0.25) is 4.90 Å². The van der Waals surface area contributed by atoms with Crippen LogP contribution in [-0.4, -0.2) is 37.4 Å². The molecule has 1 aromatic rings. The minimum Gasteiger partial charge on any atom is -0.294 e. The molecule has 0 bridgehead atoms. The fourth-order valence-corrected chi connectivity index (χ4v) is 4.06. The van der Waals surface area contributed by atoms with E-state index in [0.29, 0.717) is 5.75 Å². The molecular weight excluding hydrogens is 234 g/mol. The maximum Gasteiger partial charge on any atom is 0.156 e. The van der Waals surface area contributed by atoms with Crippen LogP contribution in [-0.2, 0) is 9.84 Å². The van der Waals surface area contributed by atoms with Crippen LogP contribution in [0.25, 0.3) is 0 Å². The number of sulfone groups is 1. The quantitative estimate of drug-likeness (QED) is 0.825. The first kappa shape index (κ1) is 12.6. The summed E-state index contributed by atoms with van der Waals surface area (Å²) in [4.78, 5) is 2.17. The first-order chi connectivity index (χ1) is 7.93. The third-order valence-corrected chi connectivity index (χ3v) is 6.18. The van der Waals surface area contributed by atoms with Crippen LogP contribution in [0.15, 0.2) is 30.3 Å². The number of hydrogen-bond donors (Lipinski definition) is 0. The van der Waals surface area contributed by atoms with Crippen molar-refractivity contribution < 1.29 is 8.42 Å². The molecule has 17 heavy (non-hydrogen) atoms. The second-order valence-corrected chi connectivity index (χ2v) is 7.26. The van der Waals surface area contributed by atoms with Gasteiger partial charge in [0.25, 0.3) is 0 Å². The van der Waals surface area contributed by atoms with Crippen molar-refractivity contribution in [3.05, 3.63) is 35.9 Å². The zero-order valence-electron chi connectivity index (χ0n) is 10.5. The monoisotopic (exact) mass is 253 g/mol. The van der Waals surface area contributed by atoms with Crippen molar-refractivity contribution in [1.29, 1.82) is 0 Å². The Labute approximate surface area is 103 Å². The Hall–Kier alpha value is -0.870. The largest absolute Gasteiger partial charge is 0.294 e. The van der Waals surface area contributed by atoms with Gasteiger partial charge >= 0.3 is 0 Å². The SMILES string of the molecule is C[C@H](c1ccccc1)N(C)[C@H]1CS(=O)(=O)[C@@H]1C. The number of hydrogen-bond acceptors (Lipinski definition) is 3. The summed E-state index contributed by atoms with van der Waals surface area (Å²) in [6.07, 6.45) is 0.